The van der Waals surface area contributed by atoms with Crippen molar-refractivity contribution in [3.05, 3.63) is 21.9 Å². The highest BCUT2D eigenvalue weighted by molar-refractivity contribution is 7.15. The van der Waals surface area contributed by atoms with Crippen LogP contribution in [0.4, 0.5) is 0 Å². The van der Waals surface area contributed by atoms with E-state index in [0.717, 1.165) is 17.8 Å². The van der Waals surface area contributed by atoms with Crippen molar-refractivity contribution in [1.82, 2.24) is 4.90 Å². The molecule has 2 heterocycles. The molecule has 0 radical (unpaired) electrons. The van der Waals surface area contributed by atoms with Crippen LogP contribution in [-0.4, -0.2) is 41.5 Å². The molecule has 1 unspecified atom stereocenters. The highest BCUT2D eigenvalue weighted by Gasteiger charge is 2.27. The van der Waals surface area contributed by atoms with Gasteiger partial charge in [0.2, 0.25) is 0 Å². The van der Waals surface area contributed by atoms with Crippen LogP contribution >= 0.6 is 11.3 Å². The van der Waals surface area contributed by atoms with E-state index >= 15 is 0 Å². The van der Waals surface area contributed by atoms with E-state index in [1.807, 2.05) is 0 Å². The molecule has 1 aliphatic heterocycles. The number of amides is 1. The molecule has 2 rings (SSSR count). The van der Waals surface area contributed by atoms with Crippen LogP contribution < -0.4 is 5.73 Å². The summed E-state index contributed by atoms with van der Waals surface area (Å²) in [5.41, 5.74) is 5.57. The standard InChI is InChI=1S/C11H14N2O3S/c12-5-7-3-4-13(6-7)10(14)8-1-2-9(17-8)11(15)16/h1-2,7H,3-6,12H2,(H,15,16). The summed E-state index contributed by atoms with van der Waals surface area (Å²) in [6.45, 7) is 1.98. The molecule has 1 aromatic heterocycles. The van der Waals surface area contributed by atoms with Gasteiger partial charge >= 0.3 is 5.97 Å². The molecule has 92 valence electrons. The van der Waals surface area contributed by atoms with Crippen molar-refractivity contribution >= 4 is 23.2 Å². The van der Waals surface area contributed by atoms with Gasteiger partial charge in [-0.2, -0.15) is 0 Å². The van der Waals surface area contributed by atoms with Crippen LogP contribution in [0.2, 0.25) is 0 Å². The Balaban J connectivity index is 2.07. The summed E-state index contributed by atoms with van der Waals surface area (Å²) in [6.07, 6.45) is 0.930. The van der Waals surface area contributed by atoms with Gasteiger partial charge in [-0.25, -0.2) is 4.79 Å². The molecule has 1 aliphatic rings. The number of thiophene rings is 1. The first-order valence-electron chi connectivity index (χ1n) is 5.44. The van der Waals surface area contributed by atoms with Crippen LogP contribution in [0.15, 0.2) is 12.1 Å². The molecule has 1 saturated heterocycles. The number of nitrogens with zero attached hydrogens (tertiary/aromatic N) is 1. The molecule has 17 heavy (non-hydrogen) atoms. The van der Waals surface area contributed by atoms with E-state index in [9.17, 15) is 9.59 Å². The van der Waals surface area contributed by atoms with Gasteiger partial charge in [-0.1, -0.05) is 0 Å². The first-order valence-corrected chi connectivity index (χ1v) is 6.26. The maximum Gasteiger partial charge on any atom is 0.345 e. The minimum atomic E-state index is -0.990. The van der Waals surface area contributed by atoms with Crippen LogP contribution in [0.1, 0.15) is 25.8 Å². The van der Waals surface area contributed by atoms with Crippen molar-refractivity contribution in [2.75, 3.05) is 19.6 Å². The number of carboxylic acid groups (broad SMARTS) is 1. The second-order valence-corrected chi connectivity index (χ2v) is 5.19. The third kappa shape index (κ3) is 2.48. The van der Waals surface area contributed by atoms with Crippen molar-refractivity contribution in [3.8, 4) is 0 Å². The predicted molar refractivity (Wildman–Crippen MR) is 64.3 cm³/mol. The normalized spacial score (nSPS) is 19.6. The minimum Gasteiger partial charge on any atom is -0.477 e. The van der Waals surface area contributed by atoms with E-state index in [1.54, 1.807) is 11.0 Å². The van der Waals surface area contributed by atoms with Gasteiger partial charge in [-0.3, -0.25) is 4.79 Å². The van der Waals surface area contributed by atoms with E-state index in [0.29, 0.717) is 30.4 Å². The van der Waals surface area contributed by atoms with Crippen LogP contribution in [0.25, 0.3) is 0 Å². The maximum absolute atomic E-state index is 12.0. The van der Waals surface area contributed by atoms with Crippen molar-refractivity contribution in [2.24, 2.45) is 11.7 Å². The Bertz CT molecular complexity index is 444. The summed E-state index contributed by atoms with van der Waals surface area (Å²) in [5, 5.41) is 8.79. The topological polar surface area (TPSA) is 83.6 Å². The van der Waals surface area contributed by atoms with Crippen LogP contribution in [0.3, 0.4) is 0 Å². The van der Waals surface area contributed by atoms with Crippen molar-refractivity contribution in [2.45, 2.75) is 6.42 Å². The Hall–Kier alpha value is -1.40. The van der Waals surface area contributed by atoms with E-state index in [1.165, 1.54) is 6.07 Å². The molecule has 0 saturated carbocycles. The van der Waals surface area contributed by atoms with Gasteiger partial charge in [0.05, 0.1) is 4.88 Å². The number of carboxylic acids is 1. The Morgan fingerprint density at radius 1 is 1.47 bits per heavy atom. The van der Waals surface area contributed by atoms with Crippen LogP contribution in [0.5, 0.6) is 0 Å². The SMILES string of the molecule is NCC1CCN(C(=O)c2ccc(C(=O)O)s2)C1. The summed E-state index contributed by atoms with van der Waals surface area (Å²) in [5.74, 6) is -0.702. The van der Waals surface area contributed by atoms with Gasteiger partial charge in [-0.05, 0) is 31.0 Å². The largest absolute Gasteiger partial charge is 0.477 e. The molecule has 0 spiro atoms. The quantitative estimate of drug-likeness (QED) is 0.838. The Morgan fingerprint density at radius 3 is 2.71 bits per heavy atom. The lowest BCUT2D eigenvalue weighted by molar-refractivity contribution is 0.0701. The smallest absolute Gasteiger partial charge is 0.345 e. The van der Waals surface area contributed by atoms with Gasteiger partial charge < -0.3 is 15.7 Å². The average Bonchev–Trinajstić information content (AvgIpc) is 2.97. The molecule has 1 fully saturated rings. The lowest BCUT2D eigenvalue weighted by Gasteiger charge is -2.14. The molecular weight excluding hydrogens is 240 g/mol. The summed E-state index contributed by atoms with van der Waals surface area (Å²) in [4.78, 5) is 25.2. The highest BCUT2D eigenvalue weighted by Crippen LogP contribution is 2.22. The second-order valence-electron chi connectivity index (χ2n) is 4.11. The molecule has 0 aromatic carbocycles. The fourth-order valence-electron chi connectivity index (χ4n) is 1.93. The number of aromatic carboxylic acids is 1. The number of likely N-dealkylation sites (tertiary alicyclic amines) is 1. The molecule has 6 heteroatoms. The molecule has 0 bridgehead atoms. The lowest BCUT2D eigenvalue weighted by Crippen LogP contribution is -2.29. The van der Waals surface area contributed by atoms with Crippen molar-refractivity contribution in [1.29, 1.82) is 0 Å². The maximum atomic E-state index is 12.0. The zero-order valence-corrected chi connectivity index (χ0v) is 10.1. The molecule has 3 N–H and O–H groups in total. The summed E-state index contributed by atoms with van der Waals surface area (Å²) in [7, 11) is 0. The first-order chi connectivity index (χ1) is 8.11. The number of carbonyl (C=O) groups is 2. The minimum absolute atomic E-state index is 0.0848. The lowest BCUT2D eigenvalue weighted by atomic mass is 10.1. The Morgan fingerprint density at radius 2 is 2.18 bits per heavy atom. The van der Waals surface area contributed by atoms with E-state index < -0.39 is 5.97 Å². The average molecular weight is 254 g/mol. The summed E-state index contributed by atoms with van der Waals surface area (Å²) in [6, 6.07) is 3.04. The number of carbonyl (C=O) groups excluding carboxylic acids is 1. The zero-order chi connectivity index (χ0) is 12.4. The fraction of sp³-hybridized carbons (Fsp3) is 0.455. The summed E-state index contributed by atoms with van der Waals surface area (Å²) >= 11 is 1.02. The molecular formula is C11H14N2O3S. The van der Waals surface area contributed by atoms with Gasteiger partial charge in [0.15, 0.2) is 0 Å². The van der Waals surface area contributed by atoms with Crippen molar-refractivity contribution in [3.63, 3.8) is 0 Å². The number of hydrogen-bond acceptors (Lipinski definition) is 4. The second kappa shape index (κ2) is 4.85. The van der Waals surface area contributed by atoms with Gasteiger partial charge in [0.1, 0.15) is 4.88 Å². The van der Waals surface area contributed by atoms with Crippen molar-refractivity contribution < 1.29 is 14.7 Å². The summed E-state index contributed by atoms with van der Waals surface area (Å²) < 4.78 is 0. The third-order valence-electron chi connectivity index (χ3n) is 2.93. The van der Waals surface area contributed by atoms with E-state index in [2.05, 4.69) is 0 Å². The number of nitrogens with two attached hydrogens (primary N) is 1. The number of rotatable bonds is 3. The molecule has 1 atom stereocenters. The van der Waals surface area contributed by atoms with Gasteiger partial charge in [-0.15, -0.1) is 11.3 Å². The molecule has 0 aliphatic carbocycles. The Labute approximate surface area is 103 Å². The predicted octanol–water partition coefficient (Wildman–Crippen LogP) is 0.867. The highest BCUT2D eigenvalue weighted by atomic mass is 32.1. The first kappa shape index (κ1) is 12.1. The van der Waals surface area contributed by atoms with E-state index in [-0.39, 0.29) is 10.8 Å². The monoisotopic (exact) mass is 254 g/mol. The molecule has 5 nitrogen and oxygen atoms in total. The molecule has 1 aromatic rings. The van der Waals surface area contributed by atoms with Crippen LogP contribution in [0, 0.1) is 5.92 Å². The van der Waals surface area contributed by atoms with E-state index in [4.69, 9.17) is 10.8 Å². The van der Waals surface area contributed by atoms with Gasteiger partial charge in [0.25, 0.3) is 5.91 Å². The third-order valence-corrected chi connectivity index (χ3v) is 4.00. The number of hydrogen-bond donors (Lipinski definition) is 2. The Kier molecular flexibility index (Phi) is 3.44. The molecule has 1 amide bonds. The van der Waals surface area contributed by atoms with Gasteiger partial charge in [0, 0.05) is 13.1 Å². The van der Waals surface area contributed by atoms with Crippen LogP contribution in [-0.2, 0) is 0 Å². The zero-order valence-electron chi connectivity index (χ0n) is 9.26. The fourth-order valence-corrected chi connectivity index (χ4v) is 2.75.